The predicted molar refractivity (Wildman–Crippen MR) is 57.2 cm³/mol. The van der Waals surface area contributed by atoms with Gasteiger partial charge in [0.05, 0.1) is 0 Å². The summed E-state index contributed by atoms with van der Waals surface area (Å²) in [6.45, 7) is 8.75. The molecule has 1 saturated heterocycles. The third-order valence-corrected chi connectivity index (χ3v) is 2.61. The molecule has 0 saturated carbocycles. The highest BCUT2D eigenvalue weighted by Gasteiger charge is 2.34. The topological polar surface area (TPSA) is 23.6 Å². The second-order valence-electron chi connectivity index (χ2n) is 4.28. The molecule has 0 radical (unpaired) electrons. The van der Waals surface area contributed by atoms with Crippen molar-refractivity contribution in [3.63, 3.8) is 0 Å². The number of halogens is 1. The van der Waals surface area contributed by atoms with Gasteiger partial charge in [0.2, 0.25) is 0 Å². The van der Waals surface area contributed by atoms with E-state index in [-0.39, 0.29) is 11.6 Å². The average molecular weight is 249 g/mol. The molecule has 1 fully saturated rings. The van der Waals surface area contributed by atoms with Gasteiger partial charge in [0.25, 0.3) is 0 Å². The van der Waals surface area contributed by atoms with E-state index in [0.29, 0.717) is 0 Å². The van der Waals surface area contributed by atoms with E-state index in [1.165, 1.54) is 0 Å². The van der Waals surface area contributed by atoms with Crippen LogP contribution in [0.2, 0.25) is 0 Å². The molecule has 0 bridgehead atoms. The monoisotopic (exact) mass is 248 g/mol. The molecule has 0 aromatic rings. The van der Waals surface area contributed by atoms with Gasteiger partial charge in [-0.05, 0) is 20.8 Å². The first-order valence-corrected chi connectivity index (χ1v) is 5.71. The van der Waals surface area contributed by atoms with Gasteiger partial charge in [-0.25, -0.2) is 4.79 Å². The fourth-order valence-corrected chi connectivity index (χ4v) is 1.94. The summed E-state index contributed by atoms with van der Waals surface area (Å²) in [6.07, 6.45) is 0. The molecule has 0 aliphatic carbocycles. The van der Waals surface area contributed by atoms with E-state index in [1.807, 2.05) is 9.80 Å². The van der Waals surface area contributed by atoms with Crippen molar-refractivity contribution >= 4 is 22.0 Å². The highest BCUT2D eigenvalue weighted by atomic mass is 79.9. The van der Waals surface area contributed by atoms with Gasteiger partial charge < -0.3 is 9.80 Å². The quantitative estimate of drug-likeness (QED) is 0.686. The molecule has 0 aromatic heterocycles. The SMILES string of the molecule is CC(C)(C)N1CCN(CCBr)C1=O. The Bertz CT molecular complexity index is 200. The van der Waals surface area contributed by atoms with Crippen LogP contribution in [0, 0.1) is 0 Å². The van der Waals surface area contributed by atoms with Gasteiger partial charge >= 0.3 is 6.03 Å². The first kappa shape index (κ1) is 10.8. The van der Waals surface area contributed by atoms with Crippen LogP contribution in [-0.4, -0.2) is 46.3 Å². The van der Waals surface area contributed by atoms with E-state index in [9.17, 15) is 4.79 Å². The van der Waals surface area contributed by atoms with Gasteiger partial charge in [-0.15, -0.1) is 0 Å². The molecule has 1 rings (SSSR count). The summed E-state index contributed by atoms with van der Waals surface area (Å²) in [4.78, 5) is 15.6. The fourth-order valence-electron chi connectivity index (χ4n) is 1.51. The van der Waals surface area contributed by atoms with Crippen molar-refractivity contribution in [3.05, 3.63) is 0 Å². The largest absolute Gasteiger partial charge is 0.322 e. The number of hydrogen-bond donors (Lipinski definition) is 0. The lowest BCUT2D eigenvalue weighted by atomic mass is 10.1. The maximum Gasteiger partial charge on any atom is 0.320 e. The zero-order chi connectivity index (χ0) is 10.1. The number of carbonyl (C=O) groups excluding carboxylic acids is 1. The number of amides is 2. The summed E-state index contributed by atoms with van der Waals surface area (Å²) in [7, 11) is 0. The zero-order valence-electron chi connectivity index (χ0n) is 8.51. The molecule has 0 unspecified atom stereocenters. The van der Waals surface area contributed by atoms with Crippen LogP contribution in [0.4, 0.5) is 4.79 Å². The predicted octanol–water partition coefficient (Wildman–Crippen LogP) is 1.92. The summed E-state index contributed by atoms with van der Waals surface area (Å²) in [6, 6.07) is 0.173. The summed E-state index contributed by atoms with van der Waals surface area (Å²) >= 11 is 3.34. The molecule has 0 spiro atoms. The third kappa shape index (κ3) is 2.36. The molecule has 4 heteroatoms. The normalized spacial score (nSPS) is 18.6. The molecule has 3 nitrogen and oxygen atoms in total. The van der Waals surface area contributed by atoms with Crippen LogP contribution in [0.15, 0.2) is 0 Å². The molecular weight excluding hydrogens is 232 g/mol. The van der Waals surface area contributed by atoms with Crippen LogP contribution >= 0.6 is 15.9 Å². The first-order chi connectivity index (χ1) is 5.96. The fraction of sp³-hybridized carbons (Fsp3) is 0.889. The average Bonchev–Trinajstić information content (AvgIpc) is 2.32. The third-order valence-electron chi connectivity index (χ3n) is 2.26. The Morgan fingerprint density at radius 2 is 2.00 bits per heavy atom. The molecule has 0 atom stereocenters. The maximum absolute atomic E-state index is 11.8. The van der Waals surface area contributed by atoms with Crippen LogP contribution in [-0.2, 0) is 0 Å². The summed E-state index contributed by atoms with van der Waals surface area (Å²) < 4.78 is 0. The van der Waals surface area contributed by atoms with Crippen molar-refractivity contribution in [2.45, 2.75) is 26.3 Å². The Morgan fingerprint density at radius 1 is 1.38 bits per heavy atom. The number of hydrogen-bond acceptors (Lipinski definition) is 1. The van der Waals surface area contributed by atoms with E-state index < -0.39 is 0 Å². The van der Waals surface area contributed by atoms with Gasteiger partial charge in [0.1, 0.15) is 0 Å². The molecule has 76 valence electrons. The van der Waals surface area contributed by atoms with Crippen molar-refractivity contribution in [1.29, 1.82) is 0 Å². The minimum absolute atomic E-state index is 0.0435. The van der Waals surface area contributed by atoms with Gasteiger partial charge in [0, 0.05) is 30.5 Å². The summed E-state index contributed by atoms with van der Waals surface area (Å²) in [5.74, 6) is 0. The van der Waals surface area contributed by atoms with E-state index in [4.69, 9.17) is 0 Å². The zero-order valence-corrected chi connectivity index (χ0v) is 10.1. The highest BCUT2D eigenvalue weighted by Crippen LogP contribution is 2.20. The number of rotatable bonds is 2. The number of urea groups is 1. The van der Waals surface area contributed by atoms with Crippen molar-refractivity contribution < 1.29 is 4.79 Å². The van der Waals surface area contributed by atoms with Gasteiger partial charge in [0.15, 0.2) is 0 Å². The molecular formula is C9H17BrN2O. The molecule has 2 amide bonds. The number of carbonyl (C=O) groups is 1. The lowest BCUT2D eigenvalue weighted by molar-refractivity contribution is 0.157. The van der Waals surface area contributed by atoms with Gasteiger partial charge in [-0.2, -0.15) is 0 Å². The molecule has 0 aromatic carbocycles. The number of nitrogens with zero attached hydrogens (tertiary/aromatic N) is 2. The Balaban J connectivity index is 2.60. The minimum Gasteiger partial charge on any atom is -0.322 e. The lowest BCUT2D eigenvalue weighted by Crippen LogP contribution is -2.44. The van der Waals surface area contributed by atoms with Crippen molar-refractivity contribution in [2.75, 3.05) is 25.0 Å². The number of alkyl halides is 1. The standard InChI is InChI=1S/C9H17BrN2O/c1-9(2,3)12-7-6-11(5-4-10)8(12)13/h4-7H2,1-3H3. The summed E-state index contributed by atoms with van der Waals surface area (Å²) in [5.41, 5.74) is -0.0435. The molecule has 1 aliphatic heterocycles. The second kappa shape index (κ2) is 3.86. The molecule has 1 aliphatic rings. The van der Waals surface area contributed by atoms with Crippen LogP contribution in [0.1, 0.15) is 20.8 Å². The van der Waals surface area contributed by atoms with E-state index >= 15 is 0 Å². The Kier molecular flexibility index (Phi) is 3.22. The Hall–Kier alpha value is -0.250. The van der Waals surface area contributed by atoms with Crippen LogP contribution in [0.3, 0.4) is 0 Å². The van der Waals surface area contributed by atoms with E-state index in [0.717, 1.165) is 25.0 Å². The van der Waals surface area contributed by atoms with Crippen molar-refractivity contribution in [3.8, 4) is 0 Å². The van der Waals surface area contributed by atoms with Crippen molar-refractivity contribution in [2.24, 2.45) is 0 Å². The highest BCUT2D eigenvalue weighted by molar-refractivity contribution is 9.09. The minimum atomic E-state index is -0.0435. The Labute approximate surface area is 88.2 Å². The first-order valence-electron chi connectivity index (χ1n) is 4.59. The van der Waals surface area contributed by atoms with E-state index in [1.54, 1.807) is 0 Å². The molecule has 13 heavy (non-hydrogen) atoms. The second-order valence-corrected chi connectivity index (χ2v) is 5.07. The van der Waals surface area contributed by atoms with Gasteiger partial charge in [-0.3, -0.25) is 0 Å². The van der Waals surface area contributed by atoms with Crippen LogP contribution in [0.25, 0.3) is 0 Å². The van der Waals surface area contributed by atoms with Crippen LogP contribution in [0.5, 0.6) is 0 Å². The Morgan fingerprint density at radius 3 is 2.38 bits per heavy atom. The smallest absolute Gasteiger partial charge is 0.320 e. The van der Waals surface area contributed by atoms with Crippen molar-refractivity contribution in [1.82, 2.24) is 9.80 Å². The van der Waals surface area contributed by atoms with Gasteiger partial charge in [-0.1, -0.05) is 15.9 Å². The summed E-state index contributed by atoms with van der Waals surface area (Å²) in [5, 5.41) is 0.858. The molecule has 0 N–H and O–H groups in total. The van der Waals surface area contributed by atoms with E-state index in [2.05, 4.69) is 36.7 Å². The lowest BCUT2D eigenvalue weighted by Gasteiger charge is -2.31. The van der Waals surface area contributed by atoms with Crippen LogP contribution < -0.4 is 0 Å². The molecule has 1 heterocycles. The maximum atomic E-state index is 11.8.